The van der Waals surface area contributed by atoms with Crippen LogP contribution in [0.2, 0.25) is 0 Å². The molecule has 1 heterocycles. The highest BCUT2D eigenvalue weighted by Gasteiger charge is 2.49. The van der Waals surface area contributed by atoms with Gasteiger partial charge in [-0.1, -0.05) is 49.6 Å². The van der Waals surface area contributed by atoms with Gasteiger partial charge in [-0.25, -0.2) is 4.79 Å². The maximum absolute atomic E-state index is 12.8. The predicted molar refractivity (Wildman–Crippen MR) is 94.9 cm³/mol. The molecule has 0 unspecified atom stereocenters. The summed E-state index contributed by atoms with van der Waals surface area (Å²) in [4.78, 5) is 25.0. The number of benzene rings is 1. The summed E-state index contributed by atoms with van der Waals surface area (Å²) in [5.74, 6) is -0.369. The smallest absolute Gasteiger partial charge is 0.344 e. The number of amides is 3. The lowest BCUT2D eigenvalue weighted by molar-refractivity contribution is -0.132. The van der Waals surface area contributed by atoms with Gasteiger partial charge in [0.15, 0.2) is 5.11 Å². The predicted octanol–water partition coefficient (Wildman–Crippen LogP) is 2.17. The van der Waals surface area contributed by atoms with Crippen LogP contribution in [0.3, 0.4) is 0 Å². The minimum Gasteiger partial charge on any atom is -0.359 e. The first kappa shape index (κ1) is 16.7. The Bertz CT molecular complexity index is 645. The molecule has 1 saturated heterocycles. The van der Waals surface area contributed by atoms with Gasteiger partial charge in [0, 0.05) is 6.04 Å². The van der Waals surface area contributed by atoms with Crippen LogP contribution in [0, 0.1) is 0 Å². The molecule has 1 aliphatic carbocycles. The van der Waals surface area contributed by atoms with Gasteiger partial charge in [-0.15, -0.1) is 0 Å². The maximum Gasteiger partial charge on any atom is 0.344 e. The lowest BCUT2D eigenvalue weighted by Crippen LogP contribution is -2.53. The molecule has 1 aromatic rings. The molecule has 0 bridgehead atoms. The van der Waals surface area contributed by atoms with Crippen molar-refractivity contribution in [2.24, 2.45) is 0 Å². The first-order valence-electron chi connectivity index (χ1n) is 8.30. The molecule has 0 radical (unpaired) electrons. The average Bonchev–Trinajstić information content (AvgIpc) is 2.81. The van der Waals surface area contributed by atoms with E-state index in [1.54, 1.807) is 6.92 Å². The first-order valence-corrected chi connectivity index (χ1v) is 8.71. The van der Waals surface area contributed by atoms with Crippen LogP contribution in [0.4, 0.5) is 4.79 Å². The fourth-order valence-corrected chi connectivity index (χ4v) is 3.53. The van der Waals surface area contributed by atoms with Crippen molar-refractivity contribution in [2.45, 2.75) is 50.6 Å². The van der Waals surface area contributed by atoms with Gasteiger partial charge < -0.3 is 10.6 Å². The Morgan fingerprint density at radius 3 is 2.54 bits per heavy atom. The van der Waals surface area contributed by atoms with Crippen molar-refractivity contribution in [3.05, 3.63) is 35.9 Å². The molecular formula is C17H22N4O2S. The van der Waals surface area contributed by atoms with E-state index in [9.17, 15) is 9.59 Å². The zero-order valence-corrected chi connectivity index (χ0v) is 14.5. The highest BCUT2D eigenvalue weighted by atomic mass is 32.1. The first-order chi connectivity index (χ1) is 11.5. The molecule has 1 saturated carbocycles. The van der Waals surface area contributed by atoms with Gasteiger partial charge in [0.1, 0.15) is 5.54 Å². The number of rotatable bonds is 3. The van der Waals surface area contributed by atoms with Crippen molar-refractivity contribution in [1.82, 2.24) is 21.1 Å². The third-order valence-electron chi connectivity index (χ3n) is 4.70. The summed E-state index contributed by atoms with van der Waals surface area (Å²) < 4.78 is 0. The number of carbonyl (C=O) groups is 2. The van der Waals surface area contributed by atoms with Gasteiger partial charge in [-0.3, -0.25) is 10.2 Å². The Morgan fingerprint density at radius 1 is 1.21 bits per heavy atom. The van der Waals surface area contributed by atoms with Gasteiger partial charge in [-0.2, -0.15) is 5.01 Å². The SMILES string of the molecule is C[C@]1(c2ccccc2)NC(=O)N(NC(=S)NC2CCCCC2)C1=O. The molecule has 0 aromatic heterocycles. The van der Waals surface area contributed by atoms with Crippen molar-refractivity contribution < 1.29 is 9.59 Å². The third-order valence-corrected chi connectivity index (χ3v) is 4.90. The highest BCUT2D eigenvalue weighted by molar-refractivity contribution is 7.80. The van der Waals surface area contributed by atoms with Crippen LogP contribution >= 0.6 is 12.2 Å². The normalized spacial score (nSPS) is 24.6. The summed E-state index contributed by atoms with van der Waals surface area (Å²) in [6.45, 7) is 1.70. The van der Waals surface area contributed by atoms with E-state index in [4.69, 9.17) is 12.2 Å². The summed E-state index contributed by atoms with van der Waals surface area (Å²) in [7, 11) is 0. The number of carbonyl (C=O) groups excluding carboxylic acids is 2. The molecule has 1 aliphatic heterocycles. The van der Waals surface area contributed by atoms with E-state index in [-0.39, 0.29) is 5.91 Å². The lowest BCUT2D eigenvalue weighted by Gasteiger charge is -2.26. The second-order valence-electron chi connectivity index (χ2n) is 6.48. The standard InChI is InChI=1S/C17H22N4O2S/c1-17(12-8-4-2-5-9-12)14(22)21(16(23)19-17)20-15(24)18-13-10-6-3-7-11-13/h2,4-5,8-9,13H,3,6-7,10-11H2,1H3,(H,19,23)(H2,18,20,24)/t17-/m1/s1. The number of thiocarbonyl (C=S) groups is 1. The van der Waals surface area contributed by atoms with Crippen molar-refractivity contribution in [3.8, 4) is 0 Å². The van der Waals surface area contributed by atoms with E-state index in [1.165, 1.54) is 19.3 Å². The maximum atomic E-state index is 12.8. The molecule has 6 nitrogen and oxygen atoms in total. The van der Waals surface area contributed by atoms with E-state index >= 15 is 0 Å². The zero-order valence-electron chi connectivity index (χ0n) is 13.7. The quantitative estimate of drug-likeness (QED) is 0.578. The molecular weight excluding hydrogens is 324 g/mol. The van der Waals surface area contributed by atoms with Crippen LogP contribution in [0.1, 0.15) is 44.6 Å². The largest absolute Gasteiger partial charge is 0.359 e. The Balaban J connectivity index is 1.67. The molecule has 128 valence electrons. The van der Waals surface area contributed by atoms with Crippen molar-refractivity contribution in [1.29, 1.82) is 0 Å². The van der Waals surface area contributed by atoms with E-state index in [2.05, 4.69) is 16.1 Å². The van der Waals surface area contributed by atoms with Gasteiger partial charge in [0.25, 0.3) is 5.91 Å². The molecule has 3 rings (SSSR count). The topological polar surface area (TPSA) is 73.5 Å². The van der Waals surface area contributed by atoms with Crippen molar-refractivity contribution >= 4 is 29.3 Å². The van der Waals surface area contributed by atoms with Crippen LogP contribution in [-0.4, -0.2) is 28.1 Å². The van der Waals surface area contributed by atoms with Gasteiger partial charge in [0.2, 0.25) is 0 Å². The van der Waals surface area contributed by atoms with Crippen LogP contribution in [0.25, 0.3) is 0 Å². The van der Waals surface area contributed by atoms with Gasteiger partial charge >= 0.3 is 6.03 Å². The van der Waals surface area contributed by atoms with E-state index in [1.807, 2.05) is 30.3 Å². The highest BCUT2D eigenvalue weighted by Crippen LogP contribution is 2.27. The second-order valence-corrected chi connectivity index (χ2v) is 6.89. The molecule has 0 spiro atoms. The summed E-state index contributed by atoms with van der Waals surface area (Å²) in [6, 6.07) is 8.99. The van der Waals surface area contributed by atoms with E-state index in [0.717, 1.165) is 23.4 Å². The minimum atomic E-state index is -1.09. The van der Waals surface area contributed by atoms with Gasteiger partial charge in [-0.05, 0) is 37.5 Å². The number of imide groups is 1. The number of hydrogen-bond acceptors (Lipinski definition) is 3. The molecule has 3 amide bonds. The molecule has 2 aliphatic rings. The third kappa shape index (κ3) is 3.21. The minimum absolute atomic E-state index is 0.306. The fraction of sp³-hybridized carbons (Fsp3) is 0.471. The second kappa shape index (κ2) is 6.76. The Morgan fingerprint density at radius 2 is 1.88 bits per heavy atom. The summed E-state index contributed by atoms with van der Waals surface area (Å²) >= 11 is 5.27. The number of urea groups is 1. The lowest BCUT2D eigenvalue weighted by atomic mass is 9.92. The Labute approximate surface area is 146 Å². The van der Waals surface area contributed by atoms with Crippen LogP contribution in [0.5, 0.6) is 0 Å². The summed E-state index contributed by atoms with van der Waals surface area (Å²) in [5.41, 5.74) is 2.39. The zero-order chi connectivity index (χ0) is 17.2. The van der Waals surface area contributed by atoms with Crippen LogP contribution < -0.4 is 16.1 Å². The molecule has 7 heteroatoms. The Hall–Kier alpha value is -2.15. The number of hydrogen-bond donors (Lipinski definition) is 3. The molecule has 24 heavy (non-hydrogen) atoms. The molecule has 2 fully saturated rings. The van der Waals surface area contributed by atoms with E-state index < -0.39 is 11.6 Å². The molecule has 1 aromatic carbocycles. The van der Waals surface area contributed by atoms with Gasteiger partial charge in [0.05, 0.1) is 0 Å². The fourth-order valence-electron chi connectivity index (χ4n) is 3.27. The number of nitrogens with one attached hydrogen (secondary N) is 3. The van der Waals surface area contributed by atoms with Crippen molar-refractivity contribution in [3.63, 3.8) is 0 Å². The Kier molecular flexibility index (Phi) is 4.71. The van der Waals surface area contributed by atoms with Crippen LogP contribution in [0.15, 0.2) is 30.3 Å². The molecule has 3 N–H and O–H groups in total. The van der Waals surface area contributed by atoms with Crippen molar-refractivity contribution in [2.75, 3.05) is 0 Å². The number of hydrazine groups is 1. The van der Waals surface area contributed by atoms with E-state index in [0.29, 0.717) is 11.2 Å². The average molecular weight is 346 g/mol. The number of nitrogens with zero attached hydrogens (tertiary/aromatic N) is 1. The summed E-state index contributed by atoms with van der Waals surface area (Å²) in [5, 5.41) is 7.21. The van der Waals surface area contributed by atoms with Crippen LogP contribution in [-0.2, 0) is 10.3 Å². The monoisotopic (exact) mass is 346 g/mol. The molecule has 1 atom stereocenters. The summed E-state index contributed by atoms with van der Waals surface area (Å²) in [6.07, 6.45) is 5.72.